The standard InChI is InChI=1S/C15H33N3/c1-3-5-7-8-9-10-11-12-14-18-15(16)17-13-6-4-2/h3-14H2,1-2H3,(H3,16,17,18)/p+1. The summed E-state index contributed by atoms with van der Waals surface area (Å²) in [5.41, 5.74) is 5.80. The minimum Gasteiger partial charge on any atom is -0.291 e. The van der Waals surface area contributed by atoms with E-state index in [1.165, 1.54) is 64.2 Å². The third kappa shape index (κ3) is 13.3. The van der Waals surface area contributed by atoms with Crippen LogP contribution in [-0.2, 0) is 0 Å². The summed E-state index contributed by atoms with van der Waals surface area (Å²) in [6, 6.07) is 0. The van der Waals surface area contributed by atoms with Gasteiger partial charge in [-0.3, -0.25) is 16.0 Å². The molecule has 108 valence electrons. The Balaban J connectivity index is 3.20. The number of nitrogens with two attached hydrogens (primary N) is 1. The Kier molecular flexibility index (Phi) is 13.8. The van der Waals surface area contributed by atoms with Crippen molar-refractivity contribution in [2.24, 2.45) is 5.73 Å². The van der Waals surface area contributed by atoms with Gasteiger partial charge in [0.05, 0.1) is 13.1 Å². The molecular formula is C15H34N3+. The van der Waals surface area contributed by atoms with E-state index in [1.807, 2.05) is 0 Å². The second-order valence-electron chi connectivity index (χ2n) is 5.10. The van der Waals surface area contributed by atoms with Crippen molar-refractivity contribution in [2.45, 2.75) is 78.1 Å². The van der Waals surface area contributed by atoms with E-state index >= 15 is 0 Å². The van der Waals surface area contributed by atoms with E-state index in [1.54, 1.807) is 0 Å². The van der Waals surface area contributed by atoms with Crippen LogP contribution >= 0.6 is 0 Å². The summed E-state index contributed by atoms with van der Waals surface area (Å²) in [6.07, 6.45) is 13.3. The summed E-state index contributed by atoms with van der Waals surface area (Å²) in [6.45, 7) is 6.43. The highest BCUT2D eigenvalue weighted by Gasteiger charge is 1.96. The molecule has 3 heteroatoms. The molecule has 0 fully saturated rings. The van der Waals surface area contributed by atoms with Crippen LogP contribution in [-0.4, -0.2) is 19.0 Å². The molecule has 4 N–H and O–H groups in total. The first-order valence-electron chi connectivity index (χ1n) is 7.91. The van der Waals surface area contributed by atoms with Crippen molar-refractivity contribution in [1.29, 1.82) is 0 Å². The molecule has 0 rings (SSSR count). The van der Waals surface area contributed by atoms with Gasteiger partial charge in [-0.15, -0.1) is 0 Å². The topological polar surface area (TPSA) is 52.0 Å². The molecule has 0 aromatic heterocycles. The lowest BCUT2D eigenvalue weighted by molar-refractivity contribution is -0.461. The summed E-state index contributed by atoms with van der Waals surface area (Å²) in [4.78, 5) is 3.24. The van der Waals surface area contributed by atoms with E-state index in [9.17, 15) is 0 Å². The van der Waals surface area contributed by atoms with E-state index in [-0.39, 0.29) is 0 Å². The van der Waals surface area contributed by atoms with Crippen LogP contribution in [0.15, 0.2) is 0 Å². The number of nitrogens with one attached hydrogen (secondary N) is 2. The Hall–Kier alpha value is -0.730. The number of unbranched alkanes of at least 4 members (excludes halogenated alkanes) is 8. The molecule has 0 amide bonds. The van der Waals surface area contributed by atoms with Gasteiger partial charge in [0.25, 0.3) is 0 Å². The predicted octanol–water partition coefficient (Wildman–Crippen LogP) is 1.91. The first kappa shape index (κ1) is 17.3. The number of guanidine groups is 1. The monoisotopic (exact) mass is 256 g/mol. The number of hydrogen-bond acceptors (Lipinski definition) is 0. The minimum atomic E-state index is 0.742. The first-order chi connectivity index (χ1) is 8.81. The zero-order valence-electron chi connectivity index (χ0n) is 12.6. The molecule has 0 heterocycles. The van der Waals surface area contributed by atoms with Gasteiger partial charge >= 0.3 is 5.96 Å². The van der Waals surface area contributed by atoms with E-state index in [2.05, 4.69) is 24.2 Å². The summed E-state index contributed by atoms with van der Waals surface area (Å²) >= 11 is 0. The highest BCUT2D eigenvalue weighted by Crippen LogP contribution is 2.07. The van der Waals surface area contributed by atoms with Gasteiger partial charge in [-0.2, -0.15) is 0 Å². The maximum Gasteiger partial charge on any atom is 0.341 e. The SMILES string of the molecule is CCCCCCCCCC[NH+]=C(N)NCCCC. The third-order valence-electron chi connectivity index (χ3n) is 3.19. The summed E-state index contributed by atoms with van der Waals surface area (Å²) in [5.74, 6) is 0.742. The van der Waals surface area contributed by atoms with Crippen LogP contribution in [0.5, 0.6) is 0 Å². The van der Waals surface area contributed by atoms with Gasteiger partial charge in [0.2, 0.25) is 0 Å². The lowest BCUT2D eigenvalue weighted by Crippen LogP contribution is -2.78. The van der Waals surface area contributed by atoms with E-state index in [4.69, 9.17) is 5.73 Å². The fraction of sp³-hybridized carbons (Fsp3) is 0.933. The van der Waals surface area contributed by atoms with Gasteiger partial charge in [-0.25, -0.2) is 0 Å². The summed E-state index contributed by atoms with van der Waals surface area (Å²) in [7, 11) is 0. The fourth-order valence-electron chi connectivity index (χ4n) is 1.94. The van der Waals surface area contributed by atoms with Gasteiger partial charge in [-0.05, 0) is 12.8 Å². The van der Waals surface area contributed by atoms with Crippen molar-refractivity contribution >= 4 is 5.96 Å². The number of hydrogen-bond donors (Lipinski definition) is 3. The zero-order chi connectivity index (χ0) is 13.5. The van der Waals surface area contributed by atoms with Crippen LogP contribution in [0.3, 0.4) is 0 Å². The normalized spacial score (nSPS) is 11.8. The van der Waals surface area contributed by atoms with E-state index in [0.717, 1.165) is 19.0 Å². The molecule has 0 bridgehead atoms. The van der Waals surface area contributed by atoms with Gasteiger partial charge in [0.15, 0.2) is 0 Å². The average Bonchev–Trinajstić information content (AvgIpc) is 2.37. The van der Waals surface area contributed by atoms with Crippen molar-refractivity contribution in [3.63, 3.8) is 0 Å². The Bertz CT molecular complexity index is 190. The number of rotatable bonds is 12. The lowest BCUT2D eigenvalue weighted by Gasteiger charge is -2.00. The molecule has 0 aromatic carbocycles. The largest absolute Gasteiger partial charge is 0.341 e. The molecule has 0 atom stereocenters. The second kappa shape index (κ2) is 14.3. The van der Waals surface area contributed by atoms with Gasteiger partial charge in [0.1, 0.15) is 0 Å². The summed E-state index contributed by atoms with van der Waals surface area (Å²) in [5, 5.41) is 3.19. The molecule has 0 aliphatic heterocycles. The molecule has 0 spiro atoms. The van der Waals surface area contributed by atoms with Crippen molar-refractivity contribution in [3.05, 3.63) is 0 Å². The molecular weight excluding hydrogens is 222 g/mol. The molecule has 0 saturated carbocycles. The van der Waals surface area contributed by atoms with Crippen LogP contribution in [0.1, 0.15) is 78.1 Å². The van der Waals surface area contributed by atoms with Crippen LogP contribution in [0.2, 0.25) is 0 Å². The van der Waals surface area contributed by atoms with Crippen LogP contribution in [0, 0.1) is 0 Å². The highest BCUT2D eigenvalue weighted by atomic mass is 15.1. The van der Waals surface area contributed by atoms with Crippen molar-refractivity contribution in [3.8, 4) is 0 Å². The molecule has 0 aliphatic carbocycles. The molecule has 0 aliphatic rings. The van der Waals surface area contributed by atoms with Crippen molar-refractivity contribution < 1.29 is 4.99 Å². The van der Waals surface area contributed by atoms with Crippen molar-refractivity contribution in [1.82, 2.24) is 5.32 Å². The molecule has 0 aromatic rings. The Morgan fingerprint density at radius 3 is 2.00 bits per heavy atom. The van der Waals surface area contributed by atoms with Crippen molar-refractivity contribution in [2.75, 3.05) is 13.1 Å². The minimum absolute atomic E-state index is 0.742. The molecule has 3 nitrogen and oxygen atoms in total. The zero-order valence-corrected chi connectivity index (χ0v) is 12.6. The van der Waals surface area contributed by atoms with Crippen LogP contribution in [0.25, 0.3) is 0 Å². The smallest absolute Gasteiger partial charge is 0.291 e. The fourth-order valence-corrected chi connectivity index (χ4v) is 1.94. The van der Waals surface area contributed by atoms with Gasteiger partial charge in [-0.1, -0.05) is 65.2 Å². The molecule has 0 unspecified atom stereocenters. The summed E-state index contributed by atoms with van der Waals surface area (Å²) < 4.78 is 0. The molecule has 0 radical (unpaired) electrons. The maximum atomic E-state index is 5.80. The molecule has 0 saturated heterocycles. The van der Waals surface area contributed by atoms with Crippen LogP contribution in [0.4, 0.5) is 0 Å². The second-order valence-corrected chi connectivity index (χ2v) is 5.10. The Labute approximate surface area is 114 Å². The Morgan fingerprint density at radius 1 is 0.833 bits per heavy atom. The average molecular weight is 256 g/mol. The Morgan fingerprint density at radius 2 is 1.39 bits per heavy atom. The highest BCUT2D eigenvalue weighted by molar-refractivity contribution is 5.71. The van der Waals surface area contributed by atoms with Gasteiger partial charge < -0.3 is 0 Å². The third-order valence-corrected chi connectivity index (χ3v) is 3.19. The van der Waals surface area contributed by atoms with Crippen LogP contribution < -0.4 is 16.0 Å². The van der Waals surface area contributed by atoms with Gasteiger partial charge in [0, 0.05) is 0 Å². The quantitative estimate of drug-likeness (QED) is 0.284. The first-order valence-corrected chi connectivity index (χ1v) is 7.91. The maximum absolute atomic E-state index is 5.80. The lowest BCUT2D eigenvalue weighted by atomic mass is 10.1. The van der Waals surface area contributed by atoms with E-state index < -0.39 is 0 Å². The predicted molar refractivity (Wildman–Crippen MR) is 80.5 cm³/mol. The van der Waals surface area contributed by atoms with E-state index in [0.29, 0.717) is 0 Å². The molecule has 18 heavy (non-hydrogen) atoms.